The summed E-state index contributed by atoms with van der Waals surface area (Å²) >= 11 is 1.58. The summed E-state index contributed by atoms with van der Waals surface area (Å²) in [7, 11) is -3.87. The average molecular weight is 469 g/mol. The number of hydrogen-bond donors (Lipinski definition) is 2. The van der Waals surface area contributed by atoms with Crippen LogP contribution >= 0.6 is 36.2 Å². The zero-order chi connectivity index (χ0) is 19.0. The molecule has 0 aliphatic heterocycles. The Morgan fingerprint density at radius 3 is 2.59 bits per heavy atom. The van der Waals surface area contributed by atoms with Gasteiger partial charge in [0.2, 0.25) is 0 Å². The monoisotopic (exact) mass is 468 g/mol. The van der Waals surface area contributed by atoms with Crippen molar-refractivity contribution in [3.8, 4) is 16.6 Å². The molecule has 0 bridgehead atoms. The molecule has 10 heteroatoms. The van der Waals surface area contributed by atoms with E-state index in [0.717, 1.165) is 21.9 Å². The maximum absolute atomic E-state index is 12.7. The highest BCUT2D eigenvalue weighted by atomic mass is 35.5. The zero-order valence-electron chi connectivity index (χ0n) is 15.0. The van der Waals surface area contributed by atoms with Crippen molar-refractivity contribution in [2.24, 2.45) is 5.73 Å². The highest BCUT2D eigenvalue weighted by Crippen LogP contribution is 2.43. The van der Waals surface area contributed by atoms with Crippen LogP contribution in [0.15, 0.2) is 59.6 Å². The van der Waals surface area contributed by atoms with Gasteiger partial charge in [0.25, 0.3) is 10.0 Å². The Kier molecular flexibility index (Phi) is 7.27. The molecule has 1 fully saturated rings. The number of rotatable bonds is 5. The number of hydrogen-bond acceptors (Lipinski definition) is 6. The lowest BCUT2D eigenvalue weighted by Crippen LogP contribution is -2.14. The van der Waals surface area contributed by atoms with E-state index in [4.69, 9.17) is 11.0 Å². The summed E-state index contributed by atoms with van der Waals surface area (Å²) in [5.41, 5.74) is 7.25. The molecular formula is C19H18Cl2N4O2S2. The fraction of sp³-hybridized carbons (Fsp3) is 0.158. The van der Waals surface area contributed by atoms with Crippen molar-refractivity contribution in [1.82, 2.24) is 4.98 Å². The van der Waals surface area contributed by atoms with Gasteiger partial charge in [-0.2, -0.15) is 5.26 Å². The second-order valence-corrected chi connectivity index (χ2v) is 9.08. The molecule has 3 N–H and O–H groups in total. The molecule has 1 saturated carbocycles. The van der Waals surface area contributed by atoms with Gasteiger partial charge in [0.05, 0.1) is 5.56 Å². The summed E-state index contributed by atoms with van der Waals surface area (Å²) in [6.45, 7) is 0. The fourth-order valence-electron chi connectivity index (χ4n) is 2.85. The lowest BCUT2D eigenvalue weighted by Gasteiger charge is -2.10. The summed E-state index contributed by atoms with van der Waals surface area (Å²) in [4.78, 5) is 5.56. The number of aromatic nitrogens is 1. The van der Waals surface area contributed by atoms with Crippen molar-refractivity contribution in [1.29, 1.82) is 5.26 Å². The van der Waals surface area contributed by atoms with Gasteiger partial charge in [0.1, 0.15) is 16.0 Å². The van der Waals surface area contributed by atoms with Gasteiger partial charge in [0.15, 0.2) is 0 Å². The van der Waals surface area contributed by atoms with Gasteiger partial charge in [-0.3, -0.25) is 4.72 Å². The Morgan fingerprint density at radius 2 is 1.90 bits per heavy atom. The Labute approximate surface area is 185 Å². The van der Waals surface area contributed by atoms with Crippen LogP contribution in [-0.2, 0) is 10.0 Å². The molecule has 3 aromatic rings. The van der Waals surface area contributed by atoms with E-state index < -0.39 is 10.0 Å². The smallest absolute Gasteiger partial charge is 0.263 e. The minimum absolute atomic E-state index is 0. The van der Waals surface area contributed by atoms with Crippen molar-refractivity contribution in [3.63, 3.8) is 0 Å². The van der Waals surface area contributed by atoms with Gasteiger partial charge in [-0.25, -0.2) is 13.4 Å². The molecule has 2 unspecified atom stereocenters. The van der Waals surface area contributed by atoms with E-state index >= 15 is 0 Å². The van der Waals surface area contributed by atoms with E-state index in [0.29, 0.717) is 11.6 Å². The van der Waals surface area contributed by atoms with Gasteiger partial charge >= 0.3 is 0 Å². The fourth-order valence-corrected chi connectivity index (χ4v) is 5.16. The minimum atomic E-state index is -3.87. The Morgan fingerprint density at radius 1 is 1.17 bits per heavy atom. The van der Waals surface area contributed by atoms with E-state index in [1.54, 1.807) is 41.7 Å². The molecule has 1 aromatic heterocycles. The van der Waals surface area contributed by atoms with E-state index in [9.17, 15) is 8.42 Å². The molecule has 0 amide bonds. The number of nitriles is 1. The maximum Gasteiger partial charge on any atom is 0.263 e. The third-order valence-corrected chi connectivity index (χ3v) is 7.01. The molecule has 1 aliphatic rings. The number of nitrogens with one attached hydrogen (secondary N) is 1. The van der Waals surface area contributed by atoms with Crippen LogP contribution in [0.5, 0.6) is 0 Å². The first-order valence-corrected chi connectivity index (χ1v) is 10.6. The topological polar surface area (TPSA) is 109 Å². The number of halogens is 2. The second kappa shape index (κ2) is 9.11. The van der Waals surface area contributed by atoms with Crippen LogP contribution < -0.4 is 10.5 Å². The predicted molar refractivity (Wildman–Crippen MR) is 119 cm³/mol. The minimum Gasteiger partial charge on any atom is -0.327 e. The molecule has 1 heterocycles. The quantitative estimate of drug-likeness (QED) is 0.584. The highest BCUT2D eigenvalue weighted by Gasteiger charge is 2.36. The Hall–Kier alpha value is -2.15. The summed E-state index contributed by atoms with van der Waals surface area (Å²) < 4.78 is 27.9. The molecule has 6 nitrogen and oxygen atoms in total. The van der Waals surface area contributed by atoms with Crippen molar-refractivity contribution in [2.45, 2.75) is 23.3 Å². The molecule has 2 atom stereocenters. The SMILES string of the molecule is Cl.Cl.N#Cc1ccccc1S(=O)(=O)Nc1cccc(-c2ncc(C3CC3N)s2)c1. The van der Waals surface area contributed by atoms with Crippen LogP contribution in [0.3, 0.4) is 0 Å². The normalized spacial score (nSPS) is 17.4. The van der Waals surface area contributed by atoms with Crippen LogP contribution in [0.2, 0.25) is 0 Å². The number of thiazole rings is 1. The molecule has 29 heavy (non-hydrogen) atoms. The predicted octanol–water partition coefficient (Wildman–Crippen LogP) is 4.14. The van der Waals surface area contributed by atoms with Gasteiger partial charge in [0, 0.05) is 34.3 Å². The van der Waals surface area contributed by atoms with Gasteiger partial charge in [-0.05, 0) is 30.7 Å². The van der Waals surface area contributed by atoms with E-state index in [-0.39, 0.29) is 41.3 Å². The molecule has 4 rings (SSSR count). The summed E-state index contributed by atoms with van der Waals surface area (Å²) in [5, 5.41) is 9.98. The van der Waals surface area contributed by atoms with Crippen molar-refractivity contribution >= 4 is 51.9 Å². The summed E-state index contributed by atoms with van der Waals surface area (Å²) in [6.07, 6.45) is 2.83. The van der Waals surface area contributed by atoms with E-state index in [1.807, 2.05) is 18.3 Å². The number of anilines is 1. The van der Waals surface area contributed by atoms with Crippen LogP contribution in [0.25, 0.3) is 10.6 Å². The zero-order valence-corrected chi connectivity index (χ0v) is 18.2. The number of nitrogens with two attached hydrogens (primary N) is 1. The number of benzene rings is 2. The Bertz CT molecular complexity index is 1160. The third-order valence-electron chi connectivity index (χ3n) is 4.39. The molecule has 1 aliphatic carbocycles. The average Bonchev–Trinajstić information content (AvgIpc) is 3.19. The molecule has 152 valence electrons. The third kappa shape index (κ3) is 4.89. The molecule has 2 aromatic carbocycles. The first-order valence-electron chi connectivity index (χ1n) is 8.31. The standard InChI is InChI=1S/C19H16N4O2S2.2ClH/c20-10-13-4-1-2-7-18(13)27(24,25)23-14-6-3-5-12(8-14)19-22-11-17(26-19)15-9-16(15)21;;/h1-8,11,15-16,23H,9,21H2;2*1H. The summed E-state index contributed by atoms with van der Waals surface area (Å²) in [6, 6.07) is 15.3. The molecule has 0 radical (unpaired) electrons. The number of sulfonamides is 1. The van der Waals surface area contributed by atoms with Crippen LogP contribution in [-0.4, -0.2) is 19.4 Å². The largest absolute Gasteiger partial charge is 0.327 e. The lowest BCUT2D eigenvalue weighted by atomic mass is 10.2. The van der Waals surface area contributed by atoms with Crippen molar-refractivity contribution in [3.05, 3.63) is 65.2 Å². The Balaban J connectivity index is 0.00000150. The van der Waals surface area contributed by atoms with E-state index in [1.165, 1.54) is 12.1 Å². The van der Waals surface area contributed by atoms with Crippen molar-refractivity contribution in [2.75, 3.05) is 4.72 Å². The maximum atomic E-state index is 12.7. The molecule has 0 saturated heterocycles. The summed E-state index contributed by atoms with van der Waals surface area (Å²) in [5.74, 6) is 0.389. The van der Waals surface area contributed by atoms with Crippen LogP contribution in [0.4, 0.5) is 5.69 Å². The highest BCUT2D eigenvalue weighted by molar-refractivity contribution is 7.92. The van der Waals surface area contributed by atoms with Crippen molar-refractivity contribution < 1.29 is 8.42 Å². The van der Waals surface area contributed by atoms with Gasteiger partial charge < -0.3 is 5.73 Å². The first-order chi connectivity index (χ1) is 13.0. The van der Waals surface area contributed by atoms with Gasteiger partial charge in [-0.1, -0.05) is 24.3 Å². The second-order valence-electron chi connectivity index (χ2n) is 6.37. The molecule has 0 spiro atoms. The van der Waals surface area contributed by atoms with Crippen LogP contribution in [0, 0.1) is 11.3 Å². The van der Waals surface area contributed by atoms with E-state index in [2.05, 4.69) is 9.71 Å². The molecular weight excluding hydrogens is 451 g/mol. The van der Waals surface area contributed by atoms with Gasteiger partial charge in [-0.15, -0.1) is 36.2 Å². The first kappa shape index (κ1) is 23.1. The lowest BCUT2D eigenvalue weighted by molar-refractivity contribution is 0.601. The number of nitrogens with zero attached hydrogens (tertiary/aromatic N) is 2. The van der Waals surface area contributed by atoms with Crippen LogP contribution in [0.1, 0.15) is 22.8 Å².